The molecule has 2 aliphatic heterocycles. The van der Waals surface area contributed by atoms with Crippen LogP contribution in [0.1, 0.15) is 31.9 Å². The maximum Gasteiger partial charge on any atom is 0.251 e. The molecule has 45 heavy (non-hydrogen) atoms. The molecule has 0 bridgehead atoms. The van der Waals surface area contributed by atoms with Crippen molar-refractivity contribution in [3.8, 4) is 34.5 Å². The lowest BCUT2D eigenvalue weighted by Gasteiger charge is -2.26. The number of fused-ring (bicyclic) bond motifs is 1. The molecule has 1 fully saturated rings. The van der Waals surface area contributed by atoms with Gasteiger partial charge in [-0.1, -0.05) is 23.4 Å². The average Bonchev–Trinajstić information content (AvgIpc) is 3.55. The minimum Gasteiger partial charge on any atom is -0.507 e. The maximum absolute atomic E-state index is 13.8. The predicted octanol–water partition coefficient (Wildman–Crippen LogP) is 3.52. The second-order valence-electron chi connectivity index (χ2n) is 10.6. The average molecular weight is 627 g/mol. The van der Waals surface area contributed by atoms with Gasteiger partial charge < -0.3 is 54.6 Å². The molecule has 238 valence electrons. The third-order valence-corrected chi connectivity index (χ3v) is 7.26. The standard InChI is InChI=1S/C31H31FN2O11/c1-15(29(39)33-24-22(36)12-23-27(25(24)37)42-14-41-23)10-17-8-9-19(11-21(17)35)44-30-31(3,40)28(38)26(45-30)16(2)34-43-13-18-6-4-5-7-20(18)32/h4-12,26,28,30,35-38,40H,13-14H2,1-3H3,(H,33,39)/b15-10+,34-16+/t26-,28-,30-,31+/m1/s1. The summed E-state index contributed by atoms with van der Waals surface area (Å²) in [5.74, 6) is -2.18. The highest BCUT2D eigenvalue weighted by Gasteiger charge is 2.55. The Labute approximate surface area is 256 Å². The first-order valence-corrected chi connectivity index (χ1v) is 13.7. The Morgan fingerprint density at radius 3 is 2.62 bits per heavy atom. The van der Waals surface area contributed by atoms with Gasteiger partial charge in [0.05, 0.1) is 5.71 Å². The number of amides is 1. The Morgan fingerprint density at radius 2 is 1.89 bits per heavy atom. The van der Waals surface area contributed by atoms with Crippen LogP contribution in [0, 0.1) is 5.82 Å². The molecule has 0 radical (unpaired) electrons. The molecule has 2 heterocycles. The van der Waals surface area contributed by atoms with E-state index in [1.165, 1.54) is 57.2 Å². The first kappa shape index (κ1) is 31.4. The molecule has 0 spiro atoms. The van der Waals surface area contributed by atoms with E-state index in [-0.39, 0.29) is 64.5 Å². The number of benzene rings is 3. The monoisotopic (exact) mass is 626 g/mol. The number of phenolic OH excluding ortho intramolecular Hbond substituents is 3. The molecule has 2 aliphatic rings. The first-order chi connectivity index (χ1) is 21.4. The predicted molar refractivity (Wildman–Crippen MR) is 156 cm³/mol. The topological polar surface area (TPSA) is 189 Å². The van der Waals surface area contributed by atoms with E-state index in [2.05, 4.69) is 10.5 Å². The summed E-state index contributed by atoms with van der Waals surface area (Å²) < 4.78 is 35.6. The number of rotatable bonds is 9. The number of hydrogen-bond donors (Lipinski definition) is 6. The fraction of sp³-hybridized carbons (Fsp3) is 0.290. The van der Waals surface area contributed by atoms with E-state index in [4.69, 9.17) is 23.8 Å². The smallest absolute Gasteiger partial charge is 0.251 e. The molecule has 14 heteroatoms. The van der Waals surface area contributed by atoms with Gasteiger partial charge in [-0.2, -0.15) is 0 Å². The van der Waals surface area contributed by atoms with Crippen LogP contribution in [0.3, 0.4) is 0 Å². The largest absolute Gasteiger partial charge is 0.507 e. The summed E-state index contributed by atoms with van der Waals surface area (Å²) in [4.78, 5) is 18.0. The van der Waals surface area contributed by atoms with Gasteiger partial charge in [0.15, 0.2) is 17.1 Å². The third-order valence-electron chi connectivity index (χ3n) is 7.26. The third kappa shape index (κ3) is 6.43. The quantitative estimate of drug-likeness (QED) is 0.0882. The molecule has 0 aliphatic carbocycles. The second-order valence-corrected chi connectivity index (χ2v) is 10.6. The Hall–Kier alpha value is -5.05. The minimum absolute atomic E-state index is 0.0162. The molecule has 6 N–H and O–H groups in total. The van der Waals surface area contributed by atoms with Crippen molar-refractivity contribution in [2.75, 3.05) is 12.1 Å². The van der Waals surface area contributed by atoms with Crippen LogP contribution in [0.15, 0.2) is 59.3 Å². The van der Waals surface area contributed by atoms with Crippen molar-refractivity contribution in [2.24, 2.45) is 5.16 Å². The summed E-state index contributed by atoms with van der Waals surface area (Å²) in [6, 6.07) is 11.3. The van der Waals surface area contributed by atoms with E-state index in [1.807, 2.05) is 0 Å². The van der Waals surface area contributed by atoms with Crippen LogP contribution >= 0.6 is 0 Å². The van der Waals surface area contributed by atoms with E-state index >= 15 is 0 Å². The number of ether oxygens (including phenoxy) is 4. The van der Waals surface area contributed by atoms with Crippen LogP contribution in [0.25, 0.3) is 6.08 Å². The molecule has 1 saturated heterocycles. The number of phenols is 3. The lowest BCUT2D eigenvalue weighted by molar-refractivity contribution is -0.149. The Bertz CT molecular complexity index is 1670. The van der Waals surface area contributed by atoms with Gasteiger partial charge in [0, 0.05) is 28.8 Å². The summed E-state index contributed by atoms with van der Waals surface area (Å²) in [6.07, 6.45) is -2.61. The van der Waals surface area contributed by atoms with Gasteiger partial charge in [-0.15, -0.1) is 0 Å². The van der Waals surface area contributed by atoms with Crippen LogP contribution in [0.4, 0.5) is 10.1 Å². The number of nitrogens with one attached hydrogen (secondary N) is 1. The van der Waals surface area contributed by atoms with Crippen molar-refractivity contribution in [1.29, 1.82) is 0 Å². The molecular formula is C31H31FN2O11. The Balaban J connectivity index is 1.23. The van der Waals surface area contributed by atoms with Crippen molar-refractivity contribution in [1.82, 2.24) is 0 Å². The van der Waals surface area contributed by atoms with Crippen molar-refractivity contribution in [3.63, 3.8) is 0 Å². The Morgan fingerprint density at radius 1 is 1.13 bits per heavy atom. The van der Waals surface area contributed by atoms with Crippen molar-refractivity contribution in [2.45, 2.75) is 51.5 Å². The van der Waals surface area contributed by atoms with Gasteiger partial charge in [-0.25, -0.2) is 4.39 Å². The zero-order valence-electron chi connectivity index (χ0n) is 24.4. The van der Waals surface area contributed by atoms with Crippen LogP contribution in [0.2, 0.25) is 0 Å². The first-order valence-electron chi connectivity index (χ1n) is 13.7. The van der Waals surface area contributed by atoms with Crippen molar-refractivity contribution in [3.05, 3.63) is 71.0 Å². The summed E-state index contributed by atoms with van der Waals surface area (Å²) in [6.45, 7) is 3.96. The lowest BCUT2D eigenvalue weighted by Crippen LogP contribution is -2.48. The molecule has 0 aromatic heterocycles. The highest BCUT2D eigenvalue weighted by atomic mass is 19.1. The van der Waals surface area contributed by atoms with Crippen molar-refractivity contribution >= 4 is 23.4 Å². The highest BCUT2D eigenvalue weighted by Crippen LogP contribution is 2.49. The van der Waals surface area contributed by atoms with Gasteiger partial charge >= 0.3 is 0 Å². The molecule has 13 nitrogen and oxygen atoms in total. The number of oxime groups is 1. The summed E-state index contributed by atoms with van der Waals surface area (Å²) in [5.41, 5.74) is -1.39. The molecule has 3 aromatic rings. The van der Waals surface area contributed by atoms with Gasteiger partial charge in [0.25, 0.3) is 5.91 Å². The van der Waals surface area contributed by atoms with Gasteiger partial charge in [0.1, 0.15) is 47.6 Å². The van der Waals surface area contributed by atoms with Crippen LogP contribution in [-0.2, 0) is 21.0 Å². The van der Waals surface area contributed by atoms with Crippen molar-refractivity contribution < 1.29 is 58.5 Å². The minimum atomic E-state index is -1.90. The van der Waals surface area contributed by atoms with Gasteiger partial charge in [0.2, 0.25) is 18.8 Å². The molecule has 0 unspecified atom stereocenters. The van der Waals surface area contributed by atoms with E-state index in [0.717, 1.165) is 0 Å². The highest BCUT2D eigenvalue weighted by molar-refractivity contribution is 6.08. The zero-order valence-corrected chi connectivity index (χ0v) is 24.4. The lowest BCUT2D eigenvalue weighted by atomic mass is 9.96. The van der Waals surface area contributed by atoms with E-state index < -0.39 is 47.3 Å². The van der Waals surface area contributed by atoms with E-state index in [1.54, 1.807) is 18.2 Å². The summed E-state index contributed by atoms with van der Waals surface area (Å²) in [7, 11) is 0. The number of aliphatic hydroxyl groups excluding tert-OH is 1. The molecule has 1 amide bonds. The van der Waals surface area contributed by atoms with Crippen LogP contribution in [-0.4, -0.2) is 68.0 Å². The number of halogens is 1. The molecule has 0 saturated carbocycles. The summed E-state index contributed by atoms with van der Waals surface area (Å²) >= 11 is 0. The van der Waals surface area contributed by atoms with Gasteiger partial charge in [-0.05, 0) is 45.0 Å². The molecule has 3 aromatic carbocycles. The number of nitrogens with zero attached hydrogens (tertiary/aromatic N) is 1. The van der Waals surface area contributed by atoms with Gasteiger partial charge in [-0.3, -0.25) is 4.79 Å². The number of carbonyl (C=O) groups excluding carboxylic acids is 1. The molecule has 4 atom stereocenters. The number of anilines is 1. The van der Waals surface area contributed by atoms with Crippen LogP contribution < -0.4 is 19.5 Å². The Kier molecular flexibility index (Phi) is 8.73. The summed E-state index contributed by atoms with van der Waals surface area (Å²) in [5, 5.41) is 59.2. The van der Waals surface area contributed by atoms with Crippen LogP contribution in [0.5, 0.6) is 34.5 Å². The molecule has 5 rings (SSSR count). The normalized spacial score (nSPS) is 22.8. The maximum atomic E-state index is 13.8. The SMILES string of the molecule is C/C(=C\c1ccc(O[C@@H]2O[C@H](/C(C)=N/OCc3ccccc3F)[C@@H](O)[C@]2(C)O)cc1O)C(=O)Nc1c(O)cc2c(c1O)OCO2. The number of hydrogen-bond acceptors (Lipinski definition) is 12. The number of carbonyl (C=O) groups is 1. The molecular weight excluding hydrogens is 595 g/mol. The fourth-order valence-electron chi connectivity index (χ4n) is 4.62. The van der Waals surface area contributed by atoms with E-state index in [9.17, 15) is 34.7 Å². The zero-order chi connectivity index (χ0) is 32.5. The van der Waals surface area contributed by atoms with E-state index in [0.29, 0.717) is 0 Å². The second kappa shape index (κ2) is 12.5. The number of aliphatic hydroxyl groups is 2. The fourth-order valence-corrected chi connectivity index (χ4v) is 4.62. The number of aromatic hydroxyl groups is 3.